The number of carbonyl (C=O) groups excluding carboxylic acids is 1. The van der Waals surface area contributed by atoms with Crippen molar-refractivity contribution in [2.75, 3.05) is 11.4 Å². The van der Waals surface area contributed by atoms with Gasteiger partial charge >= 0.3 is 5.97 Å². The molecule has 6 heteroatoms. The molecule has 4 nitrogen and oxygen atoms in total. The second-order valence-electron chi connectivity index (χ2n) is 4.01. The number of rotatable bonds is 6. The quantitative estimate of drug-likeness (QED) is 0.865. The van der Waals surface area contributed by atoms with E-state index in [1.165, 1.54) is 6.07 Å². The van der Waals surface area contributed by atoms with E-state index in [1.807, 2.05) is 0 Å². The van der Waals surface area contributed by atoms with Crippen LogP contribution in [-0.4, -0.2) is 23.5 Å². The van der Waals surface area contributed by atoms with Gasteiger partial charge in [-0.1, -0.05) is 13.0 Å². The van der Waals surface area contributed by atoms with Crippen molar-refractivity contribution in [1.29, 1.82) is 0 Å². The van der Waals surface area contributed by atoms with Gasteiger partial charge in [0.25, 0.3) is 0 Å². The summed E-state index contributed by atoms with van der Waals surface area (Å²) in [6.07, 6.45) is 0.245. The molecule has 0 bridgehead atoms. The highest BCUT2D eigenvalue weighted by molar-refractivity contribution is 5.94. The zero-order chi connectivity index (χ0) is 14.4. The molecule has 1 N–H and O–H groups in total. The molecule has 0 aliphatic rings. The second kappa shape index (κ2) is 6.82. The fourth-order valence-corrected chi connectivity index (χ4v) is 1.66. The Labute approximate surface area is 109 Å². The second-order valence-corrected chi connectivity index (χ2v) is 4.01. The van der Waals surface area contributed by atoms with Gasteiger partial charge in [0.1, 0.15) is 17.3 Å². The Morgan fingerprint density at radius 2 is 1.79 bits per heavy atom. The number of benzene rings is 1. The topological polar surface area (TPSA) is 57.6 Å². The van der Waals surface area contributed by atoms with Crippen LogP contribution in [0.25, 0.3) is 0 Å². The largest absolute Gasteiger partial charge is 0.481 e. The van der Waals surface area contributed by atoms with E-state index in [2.05, 4.69) is 0 Å². The SMILES string of the molecule is CCCC(=O)N(CCC(=O)O)c1c(F)cccc1F. The van der Waals surface area contributed by atoms with Crippen molar-refractivity contribution < 1.29 is 23.5 Å². The predicted octanol–water partition coefficient (Wildman–Crippen LogP) is 2.57. The first kappa shape index (κ1) is 15.1. The number of anilines is 1. The van der Waals surface area contributed by atoms with E-state index < -0.39 is 29.2 Å². The lowest BCUT2D eigenvalue weighted by atomic mass is 10.2. The van der Waals surface area contributed by atoms with Crippen LogP contribution < -0.4 is 4.90 Å². The van der Waals surface area contributed by atoms with Crippen molar-refractivity contribution in [2.45, 2.75) is 26.2 Å². The average molecular weight is 271 g/mol. The van der Waals surface area contributed by atoms with E-state index in [9.17, 15) is 18.4 Å². The summed E-state index contributed by atoms with van der Waals surface area (Å²) >= 11 is 0. The molecule has 1 rings (SSSR count). The summed E-state index contributed by atoms with van der Waals surface area (Å²) in [7, 11) is 0. The standard InChI is InChI=1S/C13H15F2NO3/c1-2-4-11(17)16(8-7-12(18)19)13-9(14)5-3-6-10(13)15/h3,5-6H,2,4,7-8H2,1H3,(H,18,19). The highest BCUT2D eigenvalue weighted by atomic mass is 19.1. The van der Waals surface area contributed by atoms with Crippen LogP contribution in [0.1, 0.15) is 26.2 Å². The maximum atomic E-state index is 13.6. The summed E-state index contributed by atoms with van der Waals surface area (Å²) in [5.41, 5.74) is -0.484. The van der Waals surface area contributed by atoms with Crippen LogP contribution in [0.3, 0.4) is 0 Å². The fourth-order valence-electron chi connectivity index (χ4n) is 1.66. The lowest BCUT2D eigenvalue weighted by Gasteiger charge is -2.23. The fraction of sp³-hybridized carbons (Fsp3) is 0.385. The van der Waals surface area contributed by atoms with Gasteiger partial charge in [-0.05, 0) is 18.6 Å². The molecular formula is C13H15F2NO3. The number of aliphatic carboxylic acids is 1. The van der Waals surface area contributed by atoms with Crippen LogP contribution in [0.5, 0.6) is 0 Å². The Bertz CT molecular complexity index is 457. The molecule has 0 aliphatic heterocycles. The van der Waals surface area contributed by atoms with E-state index in [0.717, 1.165) is 17.0 Å². The number of carbonyl (C=O) groups is 2. The van der Waals surface area contributed by atoms with Crippen LogP contribution in [0, 0.1) is 11.6 Å². The molecule has 104 valence electrons. The van der Waals surface area contributed by atoms with Crippen LogP contribution >= 0.6 is 0 Å². The summed E-state index contributed by atoms with van der Waals surface area (Å²) in [5.74, 6) is -3.39. The molecule has 0 fully saturated rings. The van der Waals surface area contributed by atoms with Crippen molar-refractivity contribution in [3.8, 4) is 0 Å². The third kappa shape index (κ3) is 4.01. The molecule has 19 heavy (non-hydrogen) atoms. The minimum Gasteiger partial charge on any atom is -0.481 e. The van der Waals surface area contributed by atoms with Crippen molar-refractivity contribution in [1.82, 2.24) is 0 Å². The summed E-state index contributed by atoms with van der Waals surface area (Å²) in [4.78, 5) is 23.3. The van der Waals surface area contributed by atoms with Crippen molar-refractivity contribution in [2.24, 2.45) is 0 Å². The Hall–Kier alpha value is -1.98. The number of carboxylic acids is 1. The molecule has 0 atom stereocenters. The van der Waals surface area contributed by atoms with Crippen LogP contribution in [0.2, 0.25) is 0 Å². The highest BCUT2D eigenvalue weighted by Gasteiger charge is 2.22. The molecule has 1 aromatic carbocycles. The Morgan fingerprint density at radius 3 is 2.26 bits per heavy atom. The van der Waals surface area contributed by atoms with Gasteiger partial charge < -0.3 is 10.0 Å². The van der Waals surface area contributed by atoms with Crippen LogP contribution in [0.4, 0.5) is 14.5 Å². The third-order valence-electron chi connectivity index (χ3n) is 2.52. The minimum absolute atomic E-state index is 0.105. The van der Waals surface area contributed by atoms with Crippen LogP contribution in [-0.2, 0) is 9.59 Å². The van der Waals surface area contributed by atoms with Crippen molar-refractivity contribution in [3.05, 3.63) is 29.8 Å². The molecular weight excluding hydrogens is 256 g/mol. The Balaban J connectivity index is 3.07. The molecule has 0 radical (unpaired) electrons. The Kier molecular flexibility index (Phi) is 5.41. The molecule has 0 aliphatic carbocycles. The normalized spacial score (nSPS) is 10.3. The molecule has 1 amide bonds. The molecule has 0 heterocycles. The number of hydrogen-bond acceptors (Lipinski definition) is 2. The van der Waals surface area contributed by atoms with E-state index in [0.29, 0.717) is 6.42 Å². The first-order chi connectivity index (χ1) is 8.97. The molecule has 0 saturated heterocycles. The first-order valence-corrected chi connectivity index (χ1v) is 5.93. The maximum Gasteiger partial charge on any atom is 0.305 e. The summed E-state index contributed by atoms with van der Waals surface area (Å²) in [5, 5.41) is 8.63. The first-order valence-electron chi connectivity index (χ1n) is 5.93. The highest BCUT2D eigenvalue weighted by Crippen LogP contribution is 2.24. The average Bonchev–Trinajstić information content (AvgIpc) is 2.32. The van der Waals surface area contributed by atoms with Gasteiger partial charge in [-0.15, -0.1) is 0 Å². The minimum atomic E-state index is -1.13. The molecule has 1 aromatic rings. The number of halogens is 2. The predicted molar refractivity (Wildman–Crippen MR) is 65.9 cm³/mol. The zero-order valence-electron chi connectivity index (χ0n) is 10.5. The van der Waals surface area contributed by atoms with Gasteiger partial charge in [0.05, 0.1) is 6.42 Å². The van der Waals surface area contributed by atoms with Crippen molar-refractivity contribution in [3.63, 3.8) is 0 Å². The molecule has 0 saturated carbocycles. The van der Waals surface area contributed by atoms with Gasteiger partial charge in [0, 0.05) is 13.0 Å². The summed E-state index contributed by atoms with van der Waals surface area (Å²) in [6, 6.07) is 3.25. The zero-order valence-corrected chi connectivity index (χ0v) is 10.5. The van der Waals surface area contributed by atoms with Gasteiger partial charge in [0.2, 0.25) is 5.91 Å². The monoisotopic (exact) mass is 271 g/mol. The van der Waals surface area contributed by atoms with Crippen molar-refractivity contribution >= 4 is 17.6 Å². The number of nitrogens with zero attached hydrogens (tertiary/aromatic N) is 1. The van der Waals surface area contributed by atoms with Gasteiger partial charge in [-0.2, -0.15) is 0 Å². The van der Waals surface area contributed by atoms with Gasteiger partial charge in [-0.3, -0.25) is 9.59 Å². The van der Waals surface area contributed by atoms with Gasteiger partial charge in [0.15, 0.2) is 0 Å². The molecule has 0 spiro atoms. The number of para-hydroxylation sites is 1. The van der Waals surface area contributed by atoms with E-state index in [-0.39, 0.29) is 19.4 Å². The molecule has 0 unspecified atom stereocenters. The third-order valence-corrected chi connectivity index (χ3v) is 2.52. The van der Waals surface area contributed by atoms with E-state index in [4.69, 9.17) is 5.11 Å². The van der Waals surface area contributed by atoms with Crippen LogP contribution in [0.15, 0.2) is 18.2 Å². The summed E-state index contributed by atoms with van der Waals surface area (Å²) in [6.45, 7) is 1.50. The number of carboxylic acid groups (broad SMARTS) is 1. The number of hydrogen-bond donors (Lipinski definition) is 1. The Morgan fingerprint density at radius 1 is 1.21 bits per heavy atom. The smallest absolute Gasteiger partial charge is 0.305 e. The van der Waals surface area contributed by atoms with E-state index >= 15 is 0 Å². The lowest BCUT2D eigenvalue weighted by Crippen LogP contribution is -2.34. The number of amides is 1. The molecule has 0 aromatic heterocycles. The maximum absolute atomic E-state index is 13.6. The van der Waals surface area contributed by atoms with Gasteiger partial charge in [-0.25, -0.2) is 8.78 Å². The van der Waals surface area contributed by atoms with E-state index in [1.54, 1.807) is 6.92 Å². The lowest BCUT2D eigenvalue weighted by molar-refractivity contribution is -0.136. The summed E-state index contributed by atoms with van der Waals surface area (Å²) < 4.78 is 27.3.